The van der Waals surface area contributed by atoms with Gasteiger partial charge in [-0.1, -0.05) is 41.9 Å². The van der Waals surface area contributed by atoms with Crippen LogP contribution in [0.25, 0.3) is 11.3 Å². The molecule has 7 heteroatoms. The Morgan fingerprint density at radius 3 is 2.35 bits per heavy atom. The summed E-state index contributed by atoms with van der Waals surface area (Å²) < 4.78 is 29.2. The van der Waals surface area contributed by atoms with Crippen molar-refractivity contribution in [3.8, 4) is 11.3 Å². The zero-order chi connectivity index (χ0) is 16.4. The molecule has 1 N–H and O–H groups in total. The molecule has 1 heterocycles. The Labute approximate surface area is 139 Å². The second-order valence-corrected chi connectivity index (χ2v) is 7.11. The summed E-state index contributed by atoms with van der Waals surface area (Å²) in [7, 11) is -1.97. The zero-order valence-corrected chi connectivity index (χ0v) is 13.8. The van der Waals surface area contributed by atoms with Gasteiger partial charge in [0.25, 0.3) is 10.0 Å². The van der Waals surface area contributed by atoms with Crippen LogP contribution in [-0.4, -0.2) is 18.2 Å². The second kappa shape index (κ2) is 6.06. The Hall–Kier alpha value is -2.31. The van der Waals surface area contributed by atoms with Crippen LogP contribution in [0.3, 0.4) is 0 Å². The largest absolute Gasteiger partial charge is 0.276 e. The summed E-state index contributed by atoms with van der Waals surface area (Å²) in [6.45, 7) is 0. The van der Waals surface area contributed by atoms with Crippen molar-refractivity contribution in [2.45, 2.75) is 4.90 Å². The molecule has 0 aliphatic carbocycles. The Morgan fingerprint density at radius 2 is 1.70 bits per heavy atom. The molecule has 3 rings (SSSR count). The van der Waals surface area contributed by atoms with Gasteiger partial charge < -0.3 is 0 Å². The molecule has 3 aromatic rings. The zero-order valence-electron chi connectivity index (χ0n) is 12.3. The van der Waals surface area contributed by atoms with E-state index in [2.05, 4.69) is 9.82 Å². The smallest absolute Gasteiger partial charge is 0.262 e. The molecule has 0 atom stereocenters. The molecule has 0 radical (unpaired) electrons. The van der Waals surface area contributed by atoms with Gasteiger partial charge in [0.1, 0.15) is 5.69 Å². The highest BCUT2D eigenvalue weighted by Gasteiger charge is 2.18. The maximum absolute atomic E-state index is 12.5. The molecule has 0 unspecified atom stereocenters. The molecule has 0 saturated heterocycles. The molecule has 2 aromatic carbocycles. The Balaban J connectivity index is 1.99. The first-order valence-corrected chi connectivity index (χ1v) is 8.69. The van der Waals surface area contributed by atoms with Crippen LogP contribution < -0.4 is 4.72 Å². The van der Waals surface area contributed by atoms with Crippen LogP contribution in [0.5, 0.6) is 0 Å². The van der Waals surface area contributed by atoms with E-state index in [1.165, 1.54) is 24.3 Å². The Kier molecular flexibility index (Phi) is 4.11. The maximum Gasteiger partial charge on any atom is 0.262 e. The summed E-state index contributed by atoms with van der Waals surface area (Å²) in [6.07, 6.45) is 1.63. The highest BCUT2D eigenvalue weighted by atomic mass is 35.5. The van der Waals surface area contributed by atoms with Crippen molar-refractivity contribution in [1.82, 2.24) is 9.78 Å². The van der Waals surface area contributed by atoms with Crippen molar-refractivity contribution in [2.24, 2.45) is 7.05 Å². The lowest BCUT2D eigenvalue weighted by Gasteiger charge is -2.08. The van der Waals surface area contributed by atoms with E-state index in [4.69, 9.17) is 11.6 Å². The van der Waals surface area contributed by atoms with Crippen molar-refractivity contribution < 1.29 is 8.42 Å². The molecule has 0 aliphatic heterocycles. The summed E-state index contributed by atoms with van der Waals surface area (Å²) in [5.74, 6) is 0. The molecule has 0 amide bonds. The van der Waals surface area contributed by atoms with Gasteiger partial charge in [0.2, 0.25) is 0 Å². The van der Waals surface area contributed by atoms with Crippen molar-refractivity contribution in [3.63, 3.8) is 0 Å². The molecule has 23 heavy (non-hydrogen) atoms. The molecule has 0 bridgehead atoms. The van der Waals surface area contributed by atoms with Crippen molar-refractivity contribution >= 4 is 27.3 Å². The molecule has 0 spiro atoms. The quantitative estimate of drug-likeness (QED) is 0.785. The van der Waals surface area contributed by atoms with E-state index in [0.717, 1.165) is 5.56 Å². The normalized spacial score (nSPS) is 11.4. The highest BCUT2D eigenvalue weighted by Crippen LogP contribution is 2.28. The number of hydrogen-bond acceptors (Lipinski definition) is 3. The highest BCUT2D eigenvalue weighted by molar-refractivity contribution is 7.92. The first-order valence-electron chi connectivity index (χ1n) is 6.83. The molecule has 0 fully saturated rings. The van der Waals surface area contributed by atoms with Gasteiger partial charge in [0.05, 0.1) is 10.6 Å². The number of nitrogens with zero attached hydrogens (tertiary/aromatic N) is 2. The third-order valence-electron chi connectivity index (χ3n) is 3.24. The molecular formula is C16H14ClN3O2S. The van der Waals surface area contributed by atoms with E-state index in [9.17, 15) is 8.42 Å². The maximum atomic E-state index is 12.5. The Morgan fingerprint density at radius 1 is 1.04 bits per heavy atom. The number of rotatable bonds is 4. The fraction of sp³-hybridized carbons (Fsp3) is 0.0625. The van der Waals surface area contributed by atoms with Gasteiger partial charge in [-0.25, -0.2) is 8.42 Å². The van der Waals surface area contributed by atoms with E-state index in [-0.39, 0.29) is 4.90 Å². The third-order valence-corrected chi connectivity index (χ3v) is 4.88. The number of sulfonamides is 1. The van der Waals surface area contributed by atoms with Crippen LogP contribution in [0.1, 0.15) is 0 Å². The van der Waals surface area contributed by atoms with Crippen molar-refractivity contribution in [3.05, 3.63) is 65.8 Å². The average molecular weight is 348 g/mol. The summed E-state index contributed by atoms with van der Waals surface area (Å²) >= 11 is 5.80. The lowest BCUT2D eigenvalue weighted by molar-refractivity contribution is 0.601. The fourth-order valence-corrected chi connectivity index (χ4v) is 3.37. The average Bonchev–Trinajstić information content (AvgIpc) is 2.88. The van der Waals surface area contributed by atoms with E-state index in [1.54, 1.807) is 17.9 Å². The van der Waals surface area contributed by atoms with Crippen LogP contribution in [0.15, 0.2) is 65.7 Å². The van der Waals surface area contributed by atoms with Crippen molar-refractivity contribution in [2.75, 3.05) is 4.72 Å². The van der Waals surface area contributed by atoms with Gasteiger partial charge >= 0.3 is 0 Å². The molecule has 118 valence electrons. The van der Waals surface area contributed by atoms with Gasteiger partial charge in [0.15, 0.2) is 0 Å². The Bertz CT molecular complexity index is 920. The van der Waals surface area contributed by atoms with Gasteiger partial charge in [-0.2, -0.15) is 5.10 Å². The molecular weight excluding hydrogens is 334 g/mol. The standard InChI is InChI=1S/C16H14ClN3O2S/c1-20-11-15(16(18-20)12-5-3-2-4-6-12)19-23(21,22)14-9-7-13(17)8-10-14/h2-11,19H,1H3. The van der Waals surface area contributed by atoms with Crippen LogP contribution in [-0.2, 0) is 17.1 Å². The topological polar surface area (TPSA) is 64.0 Å². The predicted octanol–water partition coefficient (Wildman–Crippen LogP) is 3.54. The van der Waals surface area contributed by atoms with Gasteiger partial charge in [-0.05, 0) is 24.3 Å². The first-order chi connectivity index (χ1) is 11.0. The SMILES string of the molecule is Cn1cc(NS(=O)(=O)c2ccc(Cl)cc2)c(-c2ccccc2)n1. The van der Waals surface area contributed by atoms with Gasteiger partial charge in [-0.15, -0.1) is 0 Å². The minimum Gasteiger partial charge on any atom is -0.276 e. The summed E-state index contributed by atoms with van der Waals surface area (Å²) in [5, 5.41) is 4.82. The number of halogens is 1. The lowest BCUT2D eigenvalue weighted by atomic mass is 10.1. The summed E-state index contributed by atoms with van der Waals surface area (Å²) in [6, 6.07) is 15.4. The number of nitrogens with one attached hydrogen (secondary N) is 1. The van der Waals surface area contributed by atoms with Crippen LogP contribution in [0, 0.1) is 0 Å². The number of anilines is 1. The van der Waals surface area contributed by atoms with E-state index < -0.39 is 10.0 Å². The molecule has 5 nitrogen and oxygen atoms in total. The number of aryl methyl sites for hydroxylation is 1. The fourth-order valence-electron chi connectivity index (χ4n) is 2.19. The van der Waals surface area contributed by atoms with Gasteiger partial charge in [-0.3, -0.25) is 9.40 Å². The molecule has 0 aliphatic rings. The summed E-state index contributed by atoms with van der Waals surface area (Å²) in [4.78, 5) is 0.143. The lowest BCUT2D eigenvalue weighted by Crippen LogP contribution is -2.13. The minimum atomic E-state index is -3.71. The van der Waals surface area contributed by atoms with Gasteiger partial charge in [0, 0.05) is 23.8 Å². The number of benzene rings is 2. The first kappa shape index (κ1) is 15.6. The van der Waals surface area contributed by atoms with Crippen LogP contribution in [0.2, 0.25) is 5.02 Å². The van der Waals surface area contributed by atoms with E-state index in [0.29, 0.717) is 16.4 Å². The van der Waals surface area contributed by atoms with Crippen LogP contribution in [0.4, 0.5) is 5.69 Å². The predicted molar refractivity (Wildman–Crippen MR) is 90.9 cm³/mol. The second-order valence-electron chi connectivity index (χ2n) is 4.99. The number of hydrogen-bond donors (Lipinski definition) is 1. The van der Waals surface area contributed by atoms with Crippen molar-refractivity contribution in [1.29, 1.82) is 0 Å². The third kappa shape index (κ3) is 3.38. The minimum absolute atomic E-state index is 0.143. The molecule has 1 aromatic heterocycles. The molecule has 0 saturated carbocycles. The van der Waals surface area contributed by atoms with E-state index >= 15 is 0 Å². The van der Waals surface area contributed by atoms with Crippen LogP contribution >= 0.6 is 11.6 Å². The monoisotopic (exact) mass is 347 g/mol. The van der Waals surface area contributed by atoms with E-state index in [1.807, 2.05) is 30.3 Å². The number of aromatic nitrogens is 2. The summed E-state index contributed by atoms with van der Waals surface area (Å²) in [5.41, 5.74) is 1.83.